The van der Waals surface area contributed by atoms with E-state index in [4.69, 9.17) is 0 Å². The molecule has 0 spiro atoms. The fraction of sp³-hybridized carbons (Fsp3) is 0. The summed E-state index contributed by atoms with van der Waals surface area (Å²) in [4.78, 5) is 0. The normalized spacial score (nSPS) is 8.18. The Hall–Kier alpha value is -1.35. The first-order chi connectivity index (χ1) is 9.97. The summed E-state index contributed by atoms with van der Waals surface area (Å²) in [5.74, 6) is 0. The molecule has 22 heavy (non-hydrogen) atoms. The van der Waals surface area contributed by atoms with Crippen LogP contribution in [0.3, 0.4) is 0 Å². The Morgan fingerprint density at radius 1 is 0.409 bits per heavy atom. The van der Waals surface area contributed by atoms with E-state index in [1.807, 2.05) is 60.7 Å². The van der Waals surface area contributed by atoms with Crippen LogP contribution in [0.4, 0.5) is 0 Å². The summed E-state index contributed by atoms with van der Waals surface area (Å²) in [6.07, 6.45) is 0. The Kier molecular flexibility index (Phi) is 12.5. The van der Waals surface area contributed by atoms with Crippen molar-refractivity contribution in [3.05, 3.63) is 109 Å². The van der Waals surface area contributed by atoms with E-state index in [1.54, 1.807) is 0 Å². The second-order valence-electron chi connectivity index (χ2n) is 4.27. The standard InChI is InChI=1S/C10H8.2C5H5.2Ru/c1-2-6-9(5-1)10-7-3-4-8-10;2*1-2-4-5-3-1;;/h1-8H;2*1-5H;;/q-2;2*-1;2*+2. The topological polar surface area (TPSA) is 0 Å². The van der Waals surface area contributed by atoms with Crippen LogP contribution in [0.25, 0.3) is 11.1 Å². The predicted molar refractivity (Wildman–Crippen MR) is 87.1 cm³/mol. The minimum atomic E-state index is 0. The fourth-order valence-electron chi connectivity index (χ4n) is 1.77. The quantitative estimate of drug-likeness (QED) is 0.256. The molecule has 0 saturated heterocycles. The molecule has 0 saturated carbocycles. The van der Waals surface area contributed by atoms with Crippen molar-refractivity contribution in [2.45, 2.75) is 0 Å². The van der Waals surface area contributed by atoms with Gasteiger partial charge in [0, 0.05) is 0 Å². The molecule has 4 aromatic rings. The van der Waals surface area contributed by atoms with Gasteiger partial charge in [0.25, 0.3) is 0 Å². The van der Waals surface area contributed by atoms with Crippen LogP contribution in [0.5, 0.6) is 0 Å². The van der Waals surface area contributed by atoms with Crippen molar-refractivity contribution < 1.29 is 39.0 Å². The predicted octanol–water partition coefficient (Wildman–Crippen LogP) is 5.60. The molecule has 0 amide bonds. The minimum absolute atomic E-state index is 0. The second kappa shape index (κ2) is 13.3. The Bertz CT molecular complexity index is 505. The molecule has 0 aliphatic rings. The van der Waals surface area contributed by atoms with Gasteiger partial charge in [0.2, 0.25) is 0 Å². The smallest absolute Gasteiger partial charge is 0.214 e. The van der Waals surface area contributed by atoms with Gasteiger partial charge >= 0.3 is 39.0 Å². The molecule has 0 unspecified atom stereocenters. The minimum Gasteiger partial charge on any atom is -0.214 e. The van der Waals surface area contributed by atoms with Gasteiger partial charge in [-0.1, -0.05) is 0 Å². The molecule has 0 fully saturated rings. The van der Waals surface area contributed by atoms with Crippen LogP contribution in [0, 0.1) is 0 Å². The van der Waals surface area contributed by atoms with Gasteiger partial charge in [-0.15, -0.1) is 0 Å². The Morgan fingerprint density at radius 3 is 0.864 bits per heavy atom. The number of rotatable bonds is 1. The monoisotopic (exact) mass is 462 g/mol. The van der Waals surface area contributed by atoms with Gasteiger partial charge in [0.05, 0.1) is 0 Å². The van der Waals surface area contributed by atoms with Crippen LogP contribution in [-0.2, 0) is 39.0 Å². The maximum absolute atomic E-state index is 2.12. The zero-order chi connectivity index (χ0) is 13.9. The summed E-state index contributed by atoms with van der Waals surface area (Å²) >= 11 is 0. The summed E-state index contributed by atoms with van der Waals surface area (Å²) in [6.45, 7) is 0. The first-order valence-corrected chi connectivity index (χ1v) is 6.74. The fourth-order valence-corrected chi connectivity index (χ4v) is 1.77. The van der Waals surface area contributed by atoms with Crippen molar-refractivity contribution in [1.82, 2.24) is 0 Å². The van der Waals surface area contributed by atoms with E-state index in [0.717, 1.165) is 0 Å². The Morgan fingerprint density at radius 2 is 0.682 bits per heavy atom. The van der Waals surface area contributed by atoms with Gasteiger partial charge in [-0.2, -0.15) is 96.1 Å². The molecule has 0 nitrogen and oxygen atoms in total. The maximum atomic E-state index is 2.12. The molecule has 4 rings (SSSR count). The first kappa shape index (κ1) is 20.6. The van der Waals surface area contributed by atoms with Crippen LogP contribution in [-0.4, -0.2) is 0 Å². The van der Waals surface area contributed by atoms with E-state index in [2.05, 4.69) is 48.5 Å². The zero-order valence-electron chi connectivity index (χ0n) is 12.1. The number of hydrogen-bond donors (Lipinski definition) is 0. The van der Waals surface area contributed by atoms with Gasteiger partial charge < -0.3 is 0 Å². The molecular weight excluding hydrogens is 442 g/mol. The van der Waals surface area contributed by atoms with Gasteiger partial charge in [-0.3, -0.25) is 0 Å². The summed E-state index contributed by atoms with van der Waals surface area (Å²) < 4.78 is 0. The van der Waals surface area contributed by atoms with Gasteiger partial charge in [-0.25, -0.2) is 24.3 Å². The molecule has 4 aromatic carbocycles. The van der Waals surface area contributed by atoms with Crippen LogP contribution in [0.2, 0.25) is 0 Å². The van der Waals surface area contributed by atoms with Crippen molar-refractivity contribution in [1.29, 1.82) is 0 Å². The van der Waals surface area contributed by atoms with Crippen molar-refractivity contribution in [3.8, 4) is 11.1 Å². The molecule has 0 bridgehead atoms. The summed E-state index contributed by atoms with van der Waals surface area (Å²) in [5.41, 5.74) is 2.62. The van der Waals surface area contributed by atoms with Crippen molar-refractivity contribution >= 4 is 0 Å². The van der Waals surface area contributed by atoms with Crippen molar-refractivity contribution in [3.63, 3.8) is 0 Å². The maximum Gasteiger partial charge on any atom is 2.00 e. The van der Waals surface area contributed by atoms with Crippen molar-refractivity contribution in [2.75, 3.05) is 0 Å². The molecule has 114 valence electrons. The molecular formula is C20H18Ru2. The van der Waals surface area contributed by atoms with E-state index in [0.29, 0.717) is 0 Å². The van der Waals surface area contributed by atoms with Gasteiger partial charge in [0.15, 0.2) is 0 Å². The largest absolute Gasteiger partial charge is 2.00 e. The Balaban J connectivity index is 0.000000316. The summed E-state index contributed by atoms with van der Waals surface area (Å²) in [5, 5.41) is 0. The average Bonchev–Trinajstić information content (AvgIpc) is 3.35. The Labute approximate surface area is 158 Å². The third-order valence-corrected chi connectivity index (χ3v) is 2.77. The molecule has 0 aliphatic carbocycles. The molecule has 2 heteroatoms. The molecule has 0 aromatic heterocycles. The molecule has 0 heterocycles. The van der Waals surface area contributed by atoms with Crippen LogP contribution in [0.15, 0.2) is 109 Å². The van der Waals surface area contributed by atoms with Crippen LogP contribution in [0.1, 0.15) is 0 Å². The van der Waals surface area contributed by atoms with Crippen molar-refractivity contribution in [2.24, 2.45) is 0 Å². The third kappa shape index (κ3) is 8.18. The van der Waals surface area contributed by atoms with E-state index >= 15 is 0 Å². The third-order valence-electron chi connectivity index (χ3n) is 2.77. The van der Waals surface area contributed by atoms with E-state index in [1.165, 1.54) is 11.1 Å². The SMILES string of the molecule is [Ru+2].[Ru+2].c1cc[c-](-[c-]2cccc2)c1.c1cc[cH-]c1.c1cc[cH-]c1. The molecule has 0 aliphatic heterocycles. The zero-order valence-corrected chi connectivity index (χ0v) is 15.6. The number of hydrogen-bond acceptors (Lipinski definition) is 0. The van der Waals surface area contributed by atoms with Gasteiger partial charge in [-0.05, 0) is 0 Å². The van der Waals surface area contributed by atoms with Crippen LogP contribution < -0.4 is 0 Å². The van der Waals surface area contributed by atoms with E-state index in [-0.39, 0.29) is 39.0 Å². The van der Waals surface area contributed by atoms with E-state index < -0.39 is 0 Å². The molecule has 0 atom stereocenters. The first-order valence-electron chi connectivity index (χ1n) is 6.74. The molecule has 0 radical (unpaired) electrons. The van der Waals surface area contributed by atoms with Crippen LogP contribution >= 0.6 is 0 Å². The molecule has 0 N–H and O–H groups in total. The average molecular weight is 461 g/mol. The second-order valence-corrected chi connectivity index (χ2v) is 4.27. The summed E-state index contributed by atoms with van der Waals surface area (Å²) in [6, 6.07) is 36.7. The summed E-state index contributed by atoms with van der Waals surface area (Å²) in [7, 11) is 0. The van der Waals surface area contributed by atoms with Gasteiger partial charge in [0.1, 0.15) is 0 Å². The van der Waals surface area contributed by atoms with E-state index in [9.17, 15) is 0 Å².